The molecule has 1 saturated heterocycles. The van der Waals surface area contributed by atoms with Crippen molar-refractivity contribution in [3.63, 3.8) is 0 Å². The van der Waals surface area contributed by atoms with E-state index in [1.807, 2.05) is 0 Å². The minimum atomic E-state index is -1.35. The smallest absolute Gasteiger partial charge is 0.466 e. The van der Waals surface area contributed by atoms with Crippen molar-refractivity contribution in [1.29, 1.82) is 0 Å². The second kappa shape index (κ2) is 14.7. The Balaban J connectivity index is 0.00000151. The summed E-state index contributed by atoms with van der Waals surface area (Å²) in [6.07, 6.45) is 0.952. The molecule has 0 aliphatic carbocycles. The van der Waals surface area contributed by atoms with Gasteiger partial charge < -0.3 is 29.2 Å². The number of ether oxygens (including phenoxy) is 1. The standard InChI is InChI=1S/C26H32BF2N3O7.C4H10/c1-7-37-21(34)13-19(31-20(33)14-30-23(35)16-9-8-10-32(6)24(16)36)17-11-15(12-18(28)22(17)29)27-38-25(2,3)26(4,5)39-27;1-4(2)3/h8-12,19H,7,13-14H2,1-6H3,(H,30,35)(H,31,33);4H,1-3H3. The number of nitrogens with zero attached hydrogens (tertiary/aromatic N) is 1. The topological polar surface area (TPSA) is 125 Å². The number of hydrogen-bond acceptors (Lipinski definition) is 7. The maximum Gasteiger partial charge on any atom is 0.494 e. The average Bonchev–Trinajstić information content (AvgIpc) is 3.11. The van der Waals surface area contributed by atoms with Gasteiger partial charge in [0.15, 0.2) is 11.6 Å². The maximum absolute atomic E-state index is 15.1. The zero-order valence-corrected chi connectivity index (χ0v) is 26.3. The first-order valence-corrected chi connectivity index (χ1v) is 14.1. The predicted molar refractivity (Wildman–Crippen MR) is 159 cm³/mol. The van der Waals surface area contributed by atoms with Gasteiger partial charge in [0, 0.05) is 18.8 Å². The summed E-state index contributed by atoms with van der Waals surface area (Å²) in [4.78, 5) is 49.6. The number of carbonyl (C=O) groups is 3. The molecule has 1 aromatic carbocycles. The summed E-state index contributed by atoms with van der Waals surface area (Å²) in [7, 11) is 0.438. The molecule has 0 spiro atoms. The van der Waals surface area contributed by atoms with Crippen LogP contribution >= 0.6 is 0 Å². The monoisotopic (exact) mass is 605 g/mol. The molecule has 13 heteroatoms. The highest BCUT2D eigenvalue weighted by Gasteiger charge is 2.52. The van der Waals surface area contributed by atoms with Crippen LogP contribution in [-0.4, -0.2) is 53.8 Å². The molecule has 2 N–H and O–H groups in total. The van der Waals surface area contributed by atoms with Crippen LogP contribution in [0.2, 0.25) is 0 Å². The average molecular weight is 605 g/mol. The fourth-order valence-corrected chi connectivity index (χ4v) is 3.90. The van der Waals surface area contributed by atoms with Crippen molar-refractivity contribution in [2.24, 2.45) is 13.0 Å². The molecule has 1 aliphatic heterocycles. The lowest BCUT2D eigenvalue weighted by Gasteiger charge is -2.32. The Labute approximate surface area is 251 Å². The van der Waals surface area contributed by atoms with E-state index >= 15 is 4.39 Å². The van der Waals surface area contributed by atoms with E-state index < -0.39 is 72.3 Å². The highest BCUT2D eigenvalue weighted by atomic mass is 19.2. The first-order valence-electron chi connectivity index (χ1n) is 14.1. The number of aryl methyl sites for hydroxylation is 1. The Morgan fingerprint density at radius 3 is 2.21 bits per heavy atom. The minimum absolute atomic E-state index is 0.0341. The van der Waals surface area contributed by atoms with Crippen molar-refractivity contribution in [1.82, 2.24) is 15.2 Å². The van der Waals surface area contributed by atoms with Crippen molar-refractivity contribution >= 4 is 30.4 Å². The fraction of sp³-hybridized carbons (Fsp3) is 0.533. The van der Waals surface area contributed by atoms with E-state index in [9.17, 15) is 23.6 Å². The second-order valence-electron chi connectivity index (χ2n) is 11.9. The summed E-state index contributed by atoms with van der Waals surface area (Å²) in [5.41, 5.74) is -2.42. The van der Waals surface area contributed by atoms with Crippen LogP contribution in [0.1, 0.15) is 83.8 Å². The van der Waals surface area contributed by atoms with E-state index in [-0.39, 0.29) is 23.2 Å². The van der Waals surface area contributed by atoms with Gasteiger partial charge in [0.25, 0.3) is 11.5 Å². The molecule has 0 saturated carbocycles. The summed E-state index contributed by atoms with van der Waals surface area (Å²) in [6, 6.07) is 3.64. The third-order valence-corrected chi connectivity index (χ3v) is 6.77. The molecule has 1 fully saturated rings. The van der Waals surface area contributed by atoms with Crippen molar-refractivity contribution in [2.75, 3.05) is 13.2 Å². The van der Waals surface area contributed by atoms with Gasteiger partial charge in [0.2, 0.25) is 5.91 Å². The van der Waals surface area contributed by atoms with Crippen LogP contribution in [0.5, 0.6) is 0 Å². The van der Waals surface area contributed by atoms with Gasteiger partial charge in [-0.3, -0.25) is 19.2 Å². The van der Waals surface area contributed by atoms with Gasteiger partial charge in [0.1, 0.15) is 5.56 Å². The molecule has 236 valence electrons. The second-order valence-corrected chi connectivity index (χ2v) is 11.9. The number of aromatic nitrogens is 1. The van der Waals surface area contributed by atoms with Crippen LogP contribution in [0.3, 0.4) is 0 Å². The molecule has 1 unspecified atom stereocenters. The van der Waals surface area contributed by atoms with Crippen LogP contribution in [-0.2, 0) is 30.7 Å². The van der Waals surface area contributed by atoms with Gasteiger partial charge in [-0.05, 0) is 64.2 Å². The van der Waals surface area contributed by atoms with Crippen molar-refractivity contribution in [3.05, 3.63) is 63.6 Å². The lowest BCUT2D eigenvalue weighted by molar-refractivity contribution is -0.143. The number of pyridine rings is 1. The predicted octanol–water partition coefficient (Wildman–Crippen LogP) is 3.17. The van der Waals surface area contributed by atoms with Gasteiger partial charge in [-0.15, -0.1) is 0 Å². The molecule has 2 aromatic rings. The Morgan fingerprint density at radius 2 is 1.65 bits per heavy atom. The summed E-state index contributed by atoms with van der Waals surface area (Å²) >= 11 is 0. The highest BCUT2D eigenvalue weighted by molar-refractivity contribution is 6.62. The van der Waals surface area contributed by atoms with E-state index in [1.54, 1.807) is 34.6 Å². The summed E-state index contributed by atoms with van der Waals surface area (Å²) < 4.78 is 47.9. The number of halogens is 2. The van der Waals surface area contributed by atoms with Gasteiger partial charge in [0.05, 0.1) is 36.8 Å². The van der Waals surface area contributed by atoms with Crippen molar-refractivity contribution in [3.8, 4) is 0 Å². The molecule has 1 aromatic heterocycles. The Kier molecular flexibility index (Phi) is 12.2. The van der Waals surface area contributed by atoms with Crippen LogP contribution in [0.4, 0.5) is 8.78 Å². The Bertz CT molecular complexity index is 1360. The zero-order valence-electron chi connectivity index (χ0n) is 26.3. The number of nitrogens with one attached hydrogen (secondary N) is 2. The molecule has 2 amide bonds. The van der Waals surface area contributed by atoms with E-state index in [4.69, 9.17) is 14.0 Å². The van der Waals surface area contributed by atoms with Gasteiger partial charge in [-0.1, -0.05) is 26.8 Å². The fourth-order valence-electron chi connectivity index (χ4n) is 3.90. The molecule has 0 radical (unpaired) electrons. The van der Waals surface area contributed by atoms with Gasteiger partial charge in [-0.2, -0.15) is 0 Å². The van der Waals surface area contributed by atoms with E-state index in [0.717, 1.165) is 12.0 Å². The Hall–Kier alpha value is -3.58. The van der Waals surface area contributed by atoms with Crippen LogP contribution in [0.25, 0.3) is 0 Å². The molecule has 0 bridgehead atoms. The molecule has 3 rings (SSSR count). The largest absolute Gasteiger partial charge is 0.494 e. The summed E-state index contributed by atoms with van der Waals surface area (Å²) in [5.74, 6) is -4.05. The zero-order chi connectivity index (χ0) is 32.7. The molecule has 1 aliphatic rings. The van der Waals surface area contributed by atoms with E-state index in [2.05, 4.69) is 31.4 Å². The van der Waals surface area contributed by atoms with Crippen molar-refractivity contribution < 1.29 is 37.2 Å². The normalized spacial score (nSPS) is 15.8. The summed E-state index contributed by atoms with van der Waals surface area (Å²) in [5, 5.41) is 4.76. The first-order chi connectivity index (χ1) is 19.9. The lowest BCUT2D eigenvalue weighted by Crippen LogP contribution is -2.42. The van der Waals surface area contributed by atoms with Gasteiger partial charge >= 0.3 is 13.1 Å². The molecule has 10 nitrogen and oxygen atoms in total. The molecule has 43 heavy (non-hydrogen) atoms. The third kappa shape index (κ3) is 9.46. The quantitative estimate of drug-likeness (QED) is 0.333. The molecular weight excluding hydrogens is 563 g/mol. The third-order valence-electron chi connectivity index (χ3n) is 6.77. The Morgan fingerprint density at radius 1 is 1.07 bits per heavy atom. The molecule has 1 atom stereocenters. The maximum atomic E-state index is 15.1. The first kappa shape index (κ1) is 35.6. The number of rotatable bonds is 9. The lowest BCUT2D eigenvalue weighted by atomic mass is 9.77. The van der Waals surface area contributed by atoms with E-state index in [0.29, 0.717) is 0 Å². The number of benzene rings is 1. The number of esters is 1. The number of carbonyl (C=O) groups excluding carboxylic acids is 3. The highest BCUT2D eigenvalue weighted by Crippen LogP contribution is 2.37. The van der Waals surface area contributed by atoms with Crippen molar-refractivity contribution in [2.45, 2.75) is 79.1 Å². The number of amides is 2. The summed E-state index contributed by atoms with van der Waals surface area (Å²) in [6.45, 7) is 14.7. The van der Waals surface area contributed by atoms with Crippen LogP contribution in [0, 0.1) is 17.6 Å². The molecule has 2 heterocycles. The van der Waals surface area contributed by atoms with Crippen LogP contribution in [0.15, 0.2) is 35.3 Å². The molecular formula is C30H42BF2N3O7. The SMILES string of the molecule is CC(C)C.CCOC(=O)CC(NC(=O)CNC(=O)c1cccn(C)c1=O)c1cc(B2OC(C)(C)C(C)(C)O2)cc(F)c1F. The number of hydrogen-bond donors (Lipinski definition) is 2. The van der Waals surface area contributed by atoms with Crippen LogP contribution < -0.4 is 21.7 Å². The van der Waals surface area contributed by atoms with Gasteiger partial charge in [-0.25, -0.2) is 8.78 Å². The minimum Gasteiger partial charge on any atom is -0.466 e. The van der Waals surface area contributed by atoms with E-state index in [1.165, 1.54) is 36.0 Å².